The maximum absolute atomic E-state index is 14.5. The Morgan fingerprint density at radius 1 is 0.816 bits per heavy atom. The number of nitrogens with one attached hydrogen (secondary N) is 3. The van der Waals surface area contributed by atoms with Crippen LogP contribution in [0.3, 0.4) is 0 Å². The highest BCUT2D eigenvalue weighted by Gasteiger charge is 2.64. The van der Waals surface area contributed by atoms with Crippen LogP contribution in [0, 0.1) is 11.3 Å². The van der Waals surface area contributed by atoms with Crippen molar-refractivity contribution in [2.45, 2.75) is 109 Å². The molecule has 1 aliphatic carbocycles. The number of rotatable bonds is 19. The molecule has 4 aromatic rings. The third-order valence-corrected chi connectivity index (χ3v) is 15.4. The molecule has 5 amide bonds. The number of aliphatic hydroxyl groups is 1. The van der Waals surface area contributed by atoms with E-state index in [-0.39, 0.29) is 59.4 Å². The van der Waals surface area contributed by atoms with Crippen molar-refractivity contribution < 1.29 is 57.5 Å². The van der Waals surface area contributed by atoms with Gasteiger partial charge in [0.05, 0.1) is 74.7 Å². The van der Waals surface area contributed by atoms with Gasteiger partial charge in [-0.2, -0.15) is 0 Å². The molecule has 0 unspecified atom stereocenters. The maximum atomic E-state index is 14.5. The lowest BCUT2D eigenvalue weighted by Crippen LogP contribution is -2.59. The molecule has 1 spiro atoms. The molecule has 6 N–H and O–H groups in total. The van der Waals surface area contributed by atoms with E-state index in [1.165, 1.54) is 7.11 Å². The van der Waals surface area contributed by atoms with E-state index < -0.39 is 41.8 Å². The Balaban J connectivity index is 0.825. The average Bonchev–Trinajstić information content (AvgIpc) is 3.99. The number of nitrogens with zero attached hydrogens (tertiary/aromatic N) is 3. The highest BCUT2D eigenvalue weighted by Crippen LogP contribution is 2.60. The van der Waals surface area contributed by atoms with Crippen LogP contribution in [-0.4, -0.2) is 122 Å². The molecule has 4 aromatic carbocycles. The number of methoxy groups -OCH3 is 3. The zero-order valence-corrected chi connectivity index (χ0v) is 44.2. The van der Waals surface area contributed by atoms with Crippen LogP contribution in [0.5, 0.6) is 28.7 Å². The number of anilines is 3. The SMILES string of the molecule is COc1ccc(C2=CN3C(=O)c4cc(OC)c(OCCCCCOc5cc6c(cc5OC)C(=O)N5CC7(CC7)C[C@@]5(C)[C@H](O)N6C(=O)OCc5ccc(NC(=O)[C@H](C)NC(=O)[C@@H](N)C(C)C)cc5)cc4NC[C@@H]3C2)cc1. The van der Waals surface area contributed by atoms with Crippen LogP contribution in [0.1, 0.15) is 104 Å². The van der Waals surface area contributed by atoms with Gasteiger partial charge in [0.1, 0.15) is 18.4 Å². The van der Waals surface area contributed by atoms with Crippen LogP contribution >= 0.6 is 0 Å². The third-order valence-electron chi connectivity index (χ3n) is 15.4. The first kappa shape index (κ1) is 53.3. The summed E-state index contributed by atoms with van der Waals surface area (Å²) in [6.07, 6.45) is 4.67. The monoisotopic (exact) mass is 1040 g/mol. The standard InChI is InChI=1S/C57H69N7O12/c1-33(2)49(58)51(66)60-34(3)50(65)61-38-15-11-35(12-16-38)30-76-55(70)64-44-27-48(46(73-7)25-42(44)53(68)63-32-57(19-20-57)31-56(63,4)54(64)69)75-22-10-8-9-21-74-47-26-43-41(24-45(47)72-6)52(67)62-29-37(23-39(62)28-59-43)36-13-17-40(71-5)18-14-36/h11-18,24-27,29,33-34,39,49,54,59,69H,8-10,19-23,28,30-32,58H2,1-7H3,(H,60,66)(H,61,65)/t34-,39-,49-,54-,56-/m0/s1. The first-order chi connectivity index (χ1) is 36.5. The second-order valence-electron chi connectivity index (χ2n) is 21.1. The number of carbonyl (C=O) groups excluding carboxylic acids is 5. The molecule has 5 aliphatic rings. The topological polar surface area (TPSA) is 233 Å². The summed E-state index contributed by atoms with van der Waals surface area (Å²) >= 11 is 0. The number of unbranched alkanes of at least 4 members (excludes halogenated alkanes) is 2. The van der Waals surface area contributed by atoms with Crippen molar-refractivity contribution in [2.24, 2.45) is 17.1 Å². The summed E-state index contributed by atoms with van der Waals surface area (Å²) in [6, 6.07) is 19.5. The predicted octanol–water partition coefficient (Wildman–Crippen LogP) is 7.31. The molecular weight excluding hydrogens is 975 g/mol. The molecule has 76 heavy (non-hydrogen) atoms. The molecule has 5 atom stereocenters. The molecular formula is C57H69N7O12. The predicted molar refractivity (Wildman–Crippen MR) is 285 cm³/mol. The van der Waals surface area contributed by atoms with Crippen LogP contribution in [0.4, 0.5) is 21.9 Å². The highest BCUT2D eigenvalue weighted by atomic mass is 16.6. The molecule has 4 aliphatic heterocycles. The molecule has 0 radical (unpaired) electrons. The number of nitrogens with two attached hydrogens (primary N) is 1. The quantitative estimate of drug-likeness (QED) is 0.0580. The van der Waals surface area contributed by atoms with Gasteiger partial charge in [0.15, 0.2) is 29.2 Å². The van der Waals surface area contributed by atoms with E-state index in [1.54, 1.807) is 73.4 Å². The highest BCUT2D eigenvalue weighted by molar-refractivity contribution is 6.07. The number of aliphatic hydroxyl groups excluding tert-OH is 1. The normalized spacial score (nSPS) is 20.7. The molecule has 2 fully saturated rings. The van der Waals surface area contributed by atoms with Gasteiger partial charge in [-0.1, -0.05) is 38.1 Å². The van der Waals surface area contributed by atoms with Gasteiger partial charge in [-0.05, 0) is 123 Å². The molecule has 9 rings (SSSR count). The molecule has 0 aromatic heterocycles. The minimum atomic E-state index is -1.47. The zero-order valence-electron chi connectivity index (χ0n) is 44.2. The van der Waals surface area contributed by atoms with Crippen molar-refractivity contribution in [2.75, 3.05) is 63.2 Å². The molecule has 19 heteroatoms. The lowest BCUT2D eigenvalue weighted by atomic mass is 9.90. The average molecular weight is 1040 g/mol. The van der Waals surface area contributed by atoms with Gasteiger partial charge in [-0.15, -0.1) is 0 Å². The van der Waals surface area contributed by atoms with Crippen LogP contribution in [0.2, 0.25) is 0 Å². The van der Waals surface area contributed by atoms with Crippen molar-refractivity contribution in [3.8, 4) is 28.7 Å². The molecule has 19 nitrogen and oxygen atoms in total. The smallest absolute Gasteiger partial charge is 0.416 e. The Hall–Kier alpha value is -7.51. The number of benzene rings is 4. The van der Waals surface area contributed by atoms with Crippen molar-refractivity contribution >= 4 is 52.4 Å². The Morgan fingerprint density at radius 3 is 2.11 bits per heavy atom. The van der Waals surface area contributed by atoms with Crippen LogP contribution in [0.25, 0.3) is 5.57 Å². The van der Waals surface area contributed by atoms with E-state index in [1.807, 2.05) is 57.3 Å². The van der Waals surface area contributed by atoms with Crippen molar-refractivity contribution in [1.82, 2.24) is 15.1 Å². The molecule has 4 heterocycles. The Bertz CT molecular complexity index is 2890. The number of amides is 5. The summed E-state index contributed by atoms with van der Waals surface area (Å²) in [5.74, 6) is 0.915. The van der Waals surface area contributed by atoms with Crippen LogP contribution < -0.4 is 50.3 Å². The number of carbonyl (C=O) groups is 5. The summed E-state index contributed by atoms with van der Waals surface area (Å²) in [5.41, 5.74) is 9.34. The number of hydrogen-bond donors (Lipinski definition) is 5. The van der Waals surface area contributed by atoms with Gasteiger partial charge in [-0.25, -0.2) is 9.69 Å². The van der Waals surface area contributed by atoms with E-state index >= 15 is 0 Å². The van der Waals surface area contributed by atoms with Crippen molar-refractivity contribution in [1.29, 1.82) is 0 Å². The Kier molecular flexibility index (Phi) is 15.4. The molecule has 404 valence electrons. The summed E-state index contributed by atoms with van der Waals surface area (Å²) in [4.78, 5) is 72.7. The molecule has 1 saturated heterocycles. The van der Waals surface area contributed by atoms with Gasteiger partial charge >= 0.3 is 6.09 Å². The molecule has 0 bridgehead atoms. The minimum absolute atomic E-state index is 0.0543. The minimum Gasteiger partial charge on any atom is -0.497 e. The lowest BCUT2D eigenvalue weighted by Gasteiger charge is -2.40. The molecule has 1 saturated carbocycles. The number of fused-ring (bicyclic) bond motifs is 4. The van der Waals surface area contributed by atoms with Gasteiger partial charge in [0.2, 0.25) is 11.8 Å². The van der Waals surface area contributed by atoms with Gasteiger partial charge in [0.25, 0.3) is 11.8 Å². The van der Waals surface area contributed by atoms with E-state index in [2.05, 4.69) is 16.0 Å². The fourth-order valence-corrected chi connectivity index (χ4v) is 10.6. The maximum Gasteiger partial charge on any atom is 0.416 e. The summed E-state index contributed by atoms with van der Waals surface area (Å²) < 4.78 is 35.2. The lowest BCUT2D eigenvalue weighted by molar-refractivity contribution is -0.127. The summed E-state index contributed by atoms with van der Waals surface area (Å²) in [6.45, 7) is 8.48. The summed E-state index contributed by atoms with van der Waals surface area (Å²) in [5, 5.41) is 21.2. The van der Waals surface area contributed by atoms with E-state index in [0.29, 0.717) is 85.1 Å². The van der Waals surface area contributed by atoms with Crippen molar-refractivity contribution in [3.63, 3.8) is 0 Å². The van der Waals surface area contributed by atoms with Crippen LogP contribution in [0.15, 0.2) is 79.0 Å². The number of ether oxygens (including phenoxy) is 6. The first-order valence-electron chi connectivity index (χ1n) is 26.0. The van der Waals surface area contributed by atoms with Gasteiger partial charge in [-0.3, -0.25) is 19.2 Å². The van der Waals surface area contributed by atoms with E-state index in [4.69, 9.17) is 34.2 Å². The Morgan fingerprint density at radius 2 is 1.47 bits per heavy atom. The first-order valence-corrected chi connectivity index (χ1v) is 26.0. The zero-order chi connectivity index (χ0) is 54.1. The van der Waals surface area contributed by atoms with Gasteiger partial charge < -0.3 is 65.0 Å². The fourth-order valence-electron chi connectivity index (χ4n) is 10.6. The van der Waals surface area contributed by atoms with Gasteiger partial charge in [0, 0.05) is 37.1 Å². The fraction of sp³-hybridized carbons (Fsp3) is 0.456. The summed E-state index contributed by atoms with van der Waals surface area (Å²) in [7, 11) is 4.66. The Labute approximate surface area is 442 Å². The van der Waals surface area contributed by atoms with Crippen LogP contribution in [-0.2, 0) is 20.9 Å². The van der Waals surface area contributed by atoms with Crippen molar-refractivity contribution in [3.05, 3.63) is 101 Å². The second kappa shape index (κ2) is 22.0. The number of hydrogen-bond acceptors (Lipinski definition) is 14. The largest absolute Gasteiger partial charge is 0.497 e. The third kappa shape index (κ3) is 10.8. The van der Waals surface area contributed by atoms with E-state index in [9.17, 15) is 29.1 Å². The van der Waals surface area contributed by atoms with E-state index in [0.717, 1.165) is 41.0 Å². The second-order valence-corrected chi connectivity index (χ2v) is 21.1.